The van der Waals surface area contributed by atoms with Crippen LogP contribution in [0.25, 0.3) is 0 Å². The van der Waals surface area contributed by atoms with E-state index in [9.17, 15) is 4.79 Å². The SMILES string of the molecule is Cc1cccc(CN(C(=O)COC2CCCCC2)C2CC2)c1. The molecule has 1 aromatic rings. The van der Waals surface area contributed by atoms with Crippen molar-refractivity contribution in [3.63, 3.8) is 0 Å². The molecule has 2 fully saturated rings. The van der Waals surface area contributed by atoms with E-state index in [4.69, 9.17) is 4.74 Å². The molecule has 22 heavy (non-hydrogen) atoms. The molecule has 0 aliphatic heterocycles. The molecule has 1 amide bonds. The zero-order valence-corrected chi connectivity index (χ0v) is 13.6. The second kappa shape index (κ2) is 7.28. The summed E-state index contributed by atoms with van der Waals surface area (Å²) in [6.07, 6.45) is 8.63. The first-order valence-corrected chi connectivity index (χ1v) is 8.69. The summed E-state index contributed by atoms with van der Waals surface area (Å²) in [5.74, 6) is 0.162. The number of aryl methyl sites for hydroxylation is 1. The highest BCUT2D eigenvalue weighted by atomic mass is 16.5. The fourth-order valence-corrected chi connectivity index (χ4v) is 3.32. The highest BCUT2D eigenvalue weighted by Gasteiger charge is 2.32. The van der Waals surface area contributed by atoms with Crippen molar-refractivity contribution in [2.75, 3.05) is 6.61 Å². The van der Waals surface area contributed by atoms with Crippen LogP contribution in [0.1, 0.15) is 56.1 Å². The van der Waals surface area contributed by atoms with E-state index in [0.717, 1.165) is 32.2 Å². The monoisotopic (exact) mass is 301 g/mol. The number of carbonyl (C=O) groups is 1. The molecule has 0 saturated heterocycles. The Labute approximate surface area is 133 Å². The number of hydrogen-bond acceptors (Lipinski definition) is 2. The quantitative estimate of drug-likeness (QED) is 0.799. The van der Waals surface area contributed by atoms with Crippen molar-refractivity contribution in [2.45, 2.75) is 70.6 Å². The fourth-order valence-electron chi connectivity index (χ4n) is 3.32. The minimum atomic E-state index is 0.162. The van der Waals surface area contributed by atoms with E-state index in [-0.39, 0.29) is 12.5 Å². The topological polar surface area (TPSA) is 29.5 Å². The van der Waals surface area contributed by atoms with Gasteiger partial charge < -0.3 is 9.64 Å². The predicted molar refractivity (Wildman–Crippen MR) is 87.6 cm³/mol. The zero-order valence-electron chi connectivity index (χ0n) is 13.6. The molecule has 0 atom stereocenters. The molecular weight excluding hydrogens is 274 g/mol. The van der Waals surface area contributed by atoms with E-state index in [2.05, 4.69) is 31.2 Å². The van der Waals surface area contributed by atoms with E-state index in [0.29, 0.717) is 12.1 Å². The highest BCUT2D eigenvalue weighted by molar-refractivity contribution is 5.78. The molecule has 1 aromatic carbocycles. The van der Waals surface area contributed by atoms with Gasteiger partial charge >= 0.3 is 0 Å². The number of rotatable bonds is 6. The lowest BCUT2D eigenvalue weighted by molar-refractivity contribution is -0.140. The van der Waals surface area contributed by atoms with Crippen molar-refractivity contribution < 1.29 is 9.53 Å². The second-order valence-corrected chi connectivity index (χ2v) is 6.81. The molecule has 0 unspecified atom stereocenters. The van der Waals surface area contributed by atoms with E-state index < -0.39 is 0 Å². The van der Waals surface area contributed by atoms with Crippen molar-refractivity contribution in [3.05, 3.63) is 35.4 Å². The molecule has 3 rings (SSSR count). The number of benzene rings is 1. The van der Waals surface area contributed by atoms with Gasteiger partial charge in [0.15, 0.2) is 0 Å². The van der Waals surface area contributed by atoms with Crippen LogP contribution in [0.3, 0.4) is 0 Å². The fraction of sp³-hybridized carbons (Fsp3) is 0.632. The zero-order chi connectivity index (χ0) is 15.4. The number of hydrogen-bond donors (Lipinski definition) is 0. The largest absolute Gasteiger partial charge is 0.368 e. The normalized spacial score (nSPS) is 19.1. The van der Waals surface area contributed by atoms with Gasteiger partial charge in [-0.2, -0.15) is 0 Å². The van der Waals surface area contributed by atoms with Gasteiger partial charge in [-0.3, -0.25) is 4.79 Å². The molecule has 0 bridgehead atoms. The first kappa shape index (κ1) is 15.5. The third-order valence-electron chi connectivity index (χ3n) is 4.74. The Morgan fingerprint density at radius 1 is 1.18 bits per heavy atom. The van der Waals surface area contributed by atoms with E-state index >= 15 is 0 Å². The van der Waals surface area contributed by atoms with E-state index in [1.165, 1.54) is 30.4 Å². The van der Waals surface area contributed by atoms with Gasteiger partial charge in [-0.25, -0.2) is 0 Å². The average Bonchev–Trinajstić information content (AvgIpc) is 3.36. The minimum absolute atomic E-state index is 0.162. The molecular formula is C19H27NO2. The Kier molecular flexibility index (Phi) is 5.14. The number of nitrogens with zero attached hydrogens (tertiary/aromatic N) is 1. The third kappa shape index (κ3) is 4.33. The van der Waals surface area contributed by atoms with Gasteiger partial charge in [0.05, 0.1) is 6.10 Å². The van der Waals surface area contributed by atoms with Crippen LogP contribution >= 0.6 is 0 Å². The van der Waals surface area contributed by atoms with Crippen LogP contribution in [0, 0.1) is 6.92 Å². The van der Waals surface area contributed by atoms with Crippen LogP contribution in [0.2, 0.25) is 0 Å². The lowest BCUT2D eigenvalue weighted by atomic mass is 9.98. The molecule has 3 heteroatoms. The third-order valence-corrected chi connectivity index (χ3v) is 4.74. The lowest BCUT2D eigenvalue weighted by Gasteiger charge is -2.26. The van der Waals surface area contributed by atoms with Crippen LogP contribution in [-0.4, -0.2) is 29.6 Å². The van der Waals surface area contributed by atoms with Crippen molar-refractivity contribution in [1.29, 1.82) is 0 Å². The maximum atomic E-state index is 12.6. The lowest BCUT2D eigenvalue weighted by Crippen LogP contribution is -2.36. The van der Waals surface area contributed by atoms with Crippen LogP contribution < -0.4 is 0 Å². The molecule has 2 saturated carbocycles. The number of amides is 1. The highest BCUT2D eigenvalue weighted by Crippen LogP contribution is 2.29. The van der Waals surface area contributed by atoms with Crippen LogP contribution in [0.4, 0.5) is 0 Å². The standard InChI is InChI=1S/C19H27NO2/c1-15-6-5-7-16(12-15)13-20(17-10-11-17)19(21)14-22-18-8-3-2-4-9-18/h5-7,12,17-18H,2-4,8-11,13-14H2,1H3. The molecule has 3 nitrogen and oxygen atoms in total. The summed E-state index contributed by atoms with van der Waals surface area (Å²) in [6, 6.07) is 8.88. The van der Waals surface area contributed by atoms with Crippen molar-refractivity contribution in [2.24, 2.45) is 0 Å². The Balaban J connectivity index is 1.55. The van der Waals surface area contributed by atoms with Gasteiger partial charge in [-0.15, -0.1) is 0 Å². The van der Waals surface area contributed by atoms with E-state index in [1.807, 2.05) is 4.90 Å². The molecule has 0 spiro atoms. The second-order valence-electron chi connectivity index (χ2n) is 6.81. The molecule has 0 heterocycles. The molecule has 2 aliphatic carbocycles. The van der Waals surface area contributed by atoms with Crippen molar-refractivity contribution >= 4 is 5.91 Å². The van der Waals surface area contributed by atoms with Crippen molar-refractivity contribution in [1.82, 2.24) is 4.90 Å². The van der Waals surface area contributed by atoms with Gasteiger partial charge in [0.2, 0.25) is 5.91 Å². The molecule has 0 N–H and O–H groups in total. The van der Waals surface area contributed by atoms with Gasteiger partial charge in [-0.05, 0) is 38.2 Å². The summed E-state index contributed by atoms with van der Waals surface area (Å²) >= 11 is 0. The Morgan fingerprint density at radius 3 is 2.64 bits per heavy atom. The van der Waals surface area contributed by atoms with Gasteiger partial charge in [0, 0.05) is 12.6 Å². The molecule has 2 aliphatic rings. The summed E-state index contributed by atoms with van der Waals surface area (Å²) in [4.78, 5) is 14.6. The Morgan fingerprint density at radius 2 is 1.95 bits per heavy atom. The van der Waals surface area contributed by atoms with Gasteiger partial charge in [-0.1, -0.05) is 49.1 Å². The summed E-state index contributed by atoms with van der Waals surface area (Å²) in [6.45, 7) is 3.07. The van der Waals surface area contributed by atoms with Crippen LogP contribution in [0.15, 0.2) is 24.3 Å². The van der Waals surface area contributed by atoms with Gasteiger partial charge in [0.1, 0.15) is 6.61 Å². The average molecular weight is 301 g/mol. The molecule has 0 aromatic heterocycles. The maximum absolute atomic E-state index is 12.6. The molecule has 120 valence electrons. The summed E-state index contributed by atoms with van der Waals surface area (Å²) < 4.78 is 5.87. The minimum Gasteiger partial charge on any atom is -0.368 e. The summed E-state index contributed by atoms with van der Waals surface area (Å²) in [5.41, 5.74) is 2.47. The van der Waals surface area contributed by atoms with Gasteiger partial charge in [0.25, 0.3) is 0 Å². The van der Waals surface area contributed by atoms with Crippen LogP contribution in [0.5, 0.6) is 0 Å². The predicted octanol–water partition coefficient (Wildman–Crippen LogP) is 3.84. The Hall–Kier alpha value is -1.35. The number of ether oxygens (including phenoxy) is 1. The Bertz CT molecular complexity index is 504. The first-order chi connectivity index (χ1) is 10.7. The van der Waals surface area contributed by atoms with Crippen molar-refractivity contribution in [3.8, 4) is 0 Å². The maximum Gasteiger partial charge on any atom is 0.249 e. The number of carbonyl (C=O) groups excluding carboxylic acids is 1. The van der Waals surface area contributed by atoms with E-state index in [1.54, 1.807) is 0 Å². The summed E-state index contributed by atoms with van der Waals surface area (Å²) in [5, 5.41) is 0. The van der Waals surface area contributed by atoms with Crippen LogP contribution in [-0.2, 0) is 16.1 Å². The summed E-state index contributed by atoms with van der Waals surface area (Å²) in [7, 11) is 0. The molecule has 0 radical (unpaired) electrons. The first-order valence-electron chi connectivity index (χ1n) is 8.69. The smallest absolute Gasteiger partial charge is 0.249 e.